The second kappa shape index (κ2) is 11.3. The van der Waals surface area contributed by atoms with Crippen LogP contribution < -0.4 is 5.43 Å². The molecule has 0 aliphatic heterocycles. The largest absolute Gasteiger partial charge is 0.272 e. The molecule has 1 amide bonds. The molecule has 0 aliphatic carbocycles. The van der Waals surface area contributed by atoms with Gasteiger partial charge in [0.15, 0.2) is 11.0 Å². The van der Waals surface area contributed by atoms with Crippen LogP contribution in [0, 0.1) is 6.92 Å². The summed E-state index contributed by atoms with van der Waals surface area (Å²) >= 11 is 7.27. The van der Waals surface area contributed by atoms with E-state index in [9.17, 15) is 4.79 Å². The van der Waals surface area contributed by atoms with E-state index in [2.05, 4.69) is 84.8 Å². The number of carbonyl (C=O) groups excluding carboxylic acids is 1. The van der Waals surface area contributed by atoms with Gasteiger partial charge in [-0.15, -0.1) is 10.2 Å². The van der Waals surface area contributed by atoms with Crippen molar-refractivity contribution in [1.82, 2.24) is 20.2 Å². The summed E-state index contributed by atoms with van der Waals surface area (Å²) in [6.07, 6.45) is 0. The van der Waals surface area contributed by atoms with Crippen molar-refractivity contribution < 1.29 is 4.79 Å². The van der Waals surface area contributed by atoms with E-state index in [0.29, 0.717) is 15.9 Å². The minimum atomic E-state index is -0.229. The monoisotopic (exact) mass is 531 g/mol. The third-order valence-electron chi connectivity index (χ3n) is 5.88. The number of hydrazone groups is 1. The van der Waals surface area contributed by atoms with Crippen LogP contribution in [0.5, 0.6) is 0 Å². The number of benzene rings is 3. The van der Waals surface area contributed by atoms with Crippen molar-refractivity contribution >= 4 is 35.0 Å². The predicted molar refractivity (Wildman–Crippen MR) is 153 cm³/mol. The van der Waals surface area contributed by atoms with Gasteiger partial charge in [0.2, 0.25) is 0 Å². The number of aromatic nitrogens is 3. The molecule has 1 N–H and O–H groups in total. The van der Waals surface area contributed by atoms with Crippen LogP contribution in [0.3, 0.4) is 0 Å². The number of amides is 1. The van der Waals surface area contributed by atoms with Crippen molar-refractivity contribution in [2.75, 3.05) is 5.75 Å². The van der Waals surface area contributed by atoms with Gasteiger partial charge in [-0.25, -0.2) is 5.43 Å². The minimum absolute atomic E-state index is 0.0614. The summed E-state index contributed by atoms with van der Waals surface area (Å²) < 4.78 is 1.99. The summed E-state index contributed by atoms with van der Waals surface area (Å²) in [6, 6.07) is 23.9. The molecule has 0 atom stereocenters. The Bertz CT molecular complexity index is 1400. The molecule has 0 fully saturated rings. The van der Waals surface area contributed by atoms with Crippen molar-refractivity contribution in [3.8, 4) is 17.1 Å². The Morgan fingerprint density at radius 1 is 0.973 bits per heavy atom. The topological polar surface area (TPSA) is 72.2 Å². The SMILES string of the molecule is C/C(=N\NC(=O)CSc1nnc(-c2ccc(C(C)(C)C)cc2)n1-c1ccc(C)cc1)c1ccc(Cl)cc1. The van der Waals surface area contributed by atoms with Gasteiger partial charge in [-0.2, -0.15) is 5.10 Å². The van der Waals surface area contributed by atoms with Crippen LogP contribution in [-0.4, -0.2) is 32.1 Å². The van der Waals surface area contributed by atoms with E-state index in [1.807, 2.05) is 35.8 Å². The first-order chi connectivity index (χ1) is 17.6. The molecule has 8 heteroatoms. The number of nitrogens with zero attached hydrogens (tertiary/aromatic N) is 4. The second-order valence-electron chi connectivity index (χ2n) is 9.83. The predicted octanol–water partition coefficient (Wildman–Crippen LogP) is 6.83. The standard InChI is InChI=1S/C29H30ClN5OS/c1-19-6-16-25(17-7-19)35-27(22-8-12-23(13-9-22)29(3,4)5)33-34-28(35)37-18-26(36)32-31-20(2)21-10-14-24(30)15-11-21/h6-17H,18H2,1-5H3,(H,32,36)/b31-20+. The molecule has 6 nitrogen and oxygen atoms in total. The van der Waals surface area contributed by atoms with Crippen molar-refractivity contribution in [2.24, 2.45) is 5.10 Å². The first kappa shape index (κ1) is 26.6. The highest BCUT2D eigenvalue weighted by atomic mass is 35.5. The normalized spacial score (nSPS) is 12.0. The zero-order valence-electron chi connectivity index (χ0n) is 21.6. The van der Waals surface area contributed by atoms with E-state index >= 15 is 0 Å². The van der Waals surface area contributed by atoms with Crippen molar-refractivity contribution in [3.63, 3.8) is 0 Å². The number of nitrogens with one attached hydrogen (secondary N) is 1. The molecule has 0 bridgehead atoms. The van der Waals surface area contributed by atoms with Gasteiger partial charge in [-0.05, 0) is 54.7 Å². The lowest BCUT2D eigenvalue weighted by atomic mass is 9.87. The smallest absolute Gasteiger partial charge is 0.250 e. The van der Waals surface area contributed by atoms with Gasteiger partial charge in [0.25, 0.3) is 5.91 Å². The van der Waals surface area contributed by atoms with Crippen molar-refractivity contribution in [1.29, 1.82) is 0 Å². The summed E-state index contributed by atoms with van der Waals surface area (Å²) in [5, 5.41) is 14.4. The van der Waals surface area contributed by atoms with Crippen molar-refractivity contribution in [3.05, 3.63) is 94.5 Å². The summed E-state index contributed by atoms with van der Waals surface area (Å²) in [4.78, 5) is 12.6. The number of hydrogen-bond acceptors (Lipinski definition) is 5. The first-order valence-corrected chi connectivity index (χ1v) is 13.3. The first-order valence-electron chi connectivity index (χ1n) is 12.0. The highest BCUT2D eigenvalue weighted by Gasteiger charge is 2.19. The van der Waals surface area contributed by atoms with Crippen LogP contribution >= 0.6 is 23.4 Å². The van der Waals surface area contributed by atoms with Gasteiger partial charge >= 0.3 is 0 Å². The summed E-state index contributed by atoms with van der Waals surface area (Å²) in [5.74, 6) is 0.640. The van der Waals surface area contributed by atoms with E-state index in [4.69, 9.17) is 11.6 Å². The fourth-order valence-electron chi connectivity index (χ4n) is 3.66. The zero-order valence-corrected chi connectivity index (χ0v) is 23.2. The molecule has 0 saturated heterocycles. The number of thioether (sulfide) groups is 1. The molecule has 1 aromatic heterocycles. The summed E-state index contributed by atoms with van der Waals surface area (Å²) in [6.45, 7) is 10.5. The van der Waals surface area contributed by atoms with Crippen LogP contribution in [-0.2, 0) is 10.2 Å². The fourth-order valence-corrected chi connectivity index (χ4v) is 4.53. The third kappa shape index (κ3) is 6.67. The second-order valence-corrected chi connectivity index (χ2v) is 11.2. The molecular formula is C29H30ClN5OS. The number of rotatable bonds is 7. The molecule has 4 aromatic rings. The zero-order chi connectivity index (χ0) is 26.6. The average molecular weight is 532 g/mol. The average Bonchev–Trinajstić information content (AvgIpc) is 3.30. The van der Waals surface area contributed by atoms with Crippen LogP contribution in [0.15, 0.2) is 83.1 Å². The molecule has 1 heterocycles. The molecule has 37 heavy (non-hydrogen) atoms. The van der Waals surface area contributed by atoms with E-state index in [1.165, 1.54) is 17.3 Å². The van der Waals surface area contributed by atoms with Crippen LogP contribution in [0.1, 0.15) is 44.4 Å². The summed E-state index contributed by atoms with van der Waals surface area (Å²) in [7, 11) is 0. The van der Waals surface area contributed by atoms with Crippen LogP contribution in [0.25, 0.3) is 17.1 Å². The van der Waals surface area contributed by atoms with Gasteiger partial charge in [0, 0.05) is 16.3 Å². The van der Waals surface area contributed by atoms with Crippen LogP contribution in [0.4, 0.5) is 0 Å². The lowest BCUT2D eigenvalue weighted by Crippen LogP contribution is -2.21. The molecule has 0 spiro atoms. The number of aryl methyl sites for hydroxylation is 1. The Balaban J connectivity index is 1.55. The van der Waals surface area contributed by atoms with E-state index in [-0.39, 0.29) is 17.1 Å². The molecular weight excluding hydrogens is 502 g/mol. The maximum absolute atomic E-state index is 12.6. The number of hydrogen-bond donors (Lipinski definition) is 1. The van der Waals surface area contributed by atoms with Gasteiger partial charge in [-0.1, -0.05) is 98.2 Å². The van der Waals surface area contributed by atoms with Crippen molar-refractivity contribution in [2.45, 2.75) is 45.2 Å². The van der Waals surface area contributed by atoms with Gasteiger partial charge in [0.1, 0.15) is 0 Å². The minimum Gasteiger partial charge on any atom is -0.272 e. The number of carbonyl (C=O) groups is 1. The Morgan fingerprint density at radius 3 is 2.24 bits per heavy atom. The molecule has 4 rings (SSSR count). The highest BCUT2D eigenvalue weighted by Crippen LogP contribution is 2.30. The molecule has 3 aromatic carbocycles. The lowest BCUT2D eigenvalue weighted by Gasteiger charge is -2.19. The number of halogens is 1. The van der Waals surface area contributed by atoms with E-state index in [1.54, 1.807) is 12.1 Å². The maximum atomic E-state index is 12.6. The highest BCUT2D eigenvalue weighted by molar-refractivity contribution is 7.99. The molecule has 190 valence electrons. The Morgan fingerprint density at radius 2 is 1.62 bits per heavy atom. The Kier molecular flexibility index (Phi) is 8.15. The Labute approximate surface area is 227 Å². The maximum Gasteiger partial charge on any atom is 0.250 e. The summed E-state index contributed by atoms with van der Waals surface area (Å²) in [5.41, 5.74) is 8.58. The van der Waals surface area contributed by atoms with E-state index in [0.717, 1.165) is 28.2 Å². The molecule has 0 saturated carbocycles. The molecule has 0 unspecified atom stereocenters. The third-order valence-corrected chi connectivity index (χ3v) is 7.06. The van der Waals surface area contributed by atoms with Gasteiger partial charge < -0.3 is 0 Å². The Hall–Kier alpha value is -3.42. The lowest BCUT2D eigenvalue weighted by molar-refractivity contribution is -0.118. The van der Waals surface area contributed by atoms with Gasteiger partial charge in [-0.3, -0.25) is 9.36 Å². The molecule has 0 aliphatic rings. The van der Waals surface area contributed by atoms with Crippen LogP contribution in [0.2, 0.25) is 5.02 Å². The molecule has 0 radical (unpaired) electrons. The van der Waals surface area contributed by atoms with Gasteiger partial charge in [0.05, 0.1) is 11.5 Å². The fraction of sp³-hybridized carbons (Fsp3) is 0.241. The quantitative estimate of drug-likeness (QED) is 0.161. The van der Waals surface area contributed by atoms with E-state index < -0.39 is 0 Å².